The van der Waals surface area contributed by atoms with Gasteiger partial charge in [-0.25, -0.2) is 0 Å². The molecule has 0 aromatic carbocycles. The molecule has 2 rings (SSSR count). The second-order valence-electron chi connectivity index (χ2n) is 6.50. The average Bonchev–Trinajstić information content (AvgIpc) is 2.34. The van der Waals surface area contributed by atoms with Gasteiger partial charge in [-0.2, -0.15) is 0 Å². The van der Waals surface area contributed by atoms with Crippen LogP contribution in [0.4, 0.5) is 0 Å². The maximum Gasteiger partial charge on any atom is 0.0829 e. The van der Waals surface area contributed by atoms with E-state index in [4.69, 9.17) is 10.5 Å². The van der Waals surface area contributed by atoms with Gasteiger partial charge in [0, 0.05) is 32.2 Å². The summed E-state index contributed by atoms with van der Waals surface area (Å²) in [6.07, 6.45) is 1.49. The molecule has 18 heavy (non-hydrogen) atoms. The van der Waals surface area contributed by atoms with Crippen LogP contribution in [0.3, 0.4) is 0 Å². The summed E-state index contributed by atoms with van der Waals surface area (Å²) in [5.41, 5.74) is 6.42. The highest BCUT2D eigenvalue weighted by Gasteiger charge is 2.34. The van der Waals surface area contributed by atoms with Gasteiger partial charge in [-0.3, -0.25) is 4.90 Å². The molecule has 0 bridgehead atoms. The van der Waals surface area contributed by atoms with E-state index in [9.17, 15) is 0 Å². The summed E-state index contributed by atoms with van der Waals surface area (Å²) in [5.74, 6) is 0. The molecule has 2 atom stereocenters. The van der Waals surface area contributed by atoms with Crippen LogP contribution >= 0.6 is 0 Å². The van der Waals surface area contributed by atoms with E-state index in [1.807, 2.05) is 0 Å². The third-order valence-corrected chi connectivity index (χ3v) is 4.52. The Hall–Kier alpha value is -0.160. The van der Waals surface area contributed by atoms with Crippen molar-refractivity contribution in [2.24, 2.45) is 11.1 Å². The van der Waals surface area contributed by atoms with Crippen molar-refractivity contribution in [3.63, 3.8) is 0 Å². The molecule has 4 heteroatoms. The van der Waals surface area contributed by atoms with Crippen LogP contribution in [0.1, 0.15) is 27.2 Å². The monoisotopic (exact) mass is 255 g/mol. The van der Waals surface area contributed by atoms with Crippen molar-refractivity contribution < 1.29 is 4.74 Å². The maximum atomic E-state index is 6.19. The van der Waals surface area contributed by atoms with Gasteiger partial charge in [-0.15, -0.1) is 0 Å². The number of nitrogens with two attached hydrogens (primary N) is 1. The van der Waals surface area contributed by atoms with Crippen molar-refractivity contribution in [2.45, 2.75) is 39.3 Å². The quantitative estimate of drug-likeness (QED) is 0.809. The van der Waals surface area contributed by atoms with Crippen LogP contribution < -0.4 is 5.73 Å². The van der Waals surface area contributed by atoms with Crippen molar-refractivity contribution in [3.8, 4) is 0 Å². The van der Waals surface area contributed by atoms with Gasteiger partial charge in [0.1, 0.15) is 0 Å². The predicted octanol–water partition coefficient (Wildman–Crippen LogP) is 0.766. The molecule has 2 heterocycles. The van der Waals surface area contributed by atoms with Crippen LogP contribution in [0.15, 0.2) is 0 Å². The molecule has 0 saturated carbocycles. The molecule has 0 aliphatic carbocycles. The van der Waals surface area contributed by atoms with Crippen LogP contribution in [-0.2, 0) is 4.74 Å². The van der Waals surface area contributed by atoms with E-state index in [0.29, 0.717) is 12.1 Å². The fourth-order valence-corrected chi connectivity index (χ4v) is 3.11. The number of rotatable bonds is 3. The number of piperidine rings is 1. The minimum atomic E-state index is 0.233. The molecule has 2 aliphatic rings. The van der Waals surface area contributed by atoms with Gasteiger partial charge in [0.25, 0.3) is 0 Å². The van der Waals surface area contributed by atoms with E-state index < -0.39 is 0 Å². The molecular weight excluding hydrogens is 226 g/mol. The van der Waals surface area contributed by atoms with Crippen molar-refractivity contribution in [2.75, 3.05) is 45.9 Å². The lowest BCUT2D eigenvalue weighted by Crippen LogP contribution is -2.55. The number of hydrogen-bond acceptors (Lipinski definition) is 4. The molecule has 0 amide bonds. The van der Waals surface area contributed by atoms with Crippen LogP contribution in [0.2, 0.25) is 0 Å². The first-order valence-corrected chi connectivity index (χ1v) is 7.33. The number of nitrogens with zero attached hydrogens (tertiary/aromatic N) is 2. The molecule has 106 valence electrons. The van der Waals surface area contributed by atoms with Gasteiger partial charge in [0.15, 0.2) is 0 Å². The summed E-state index contributed by atoms with van der Waals surface area (Å²) in [6, 6.07) is 0.341. The molecule has 0 radical (unpaired) electrons. The molecule has 2 saturated heterocycles. The van der Waals surface area contributed by atoms with E-state index in [2.05, 4.69) is 30.6 Å². The SMILES string of the molecule is CCN1CCOC(CN2CCC(N)C(C)(C)C2)C1. The fraction of sp³-hybridized carbons (Fsp3) is 1.00. The third-order valence-electron chi connectivity index (χ3n) is 4.52. The number of likely N-dealkylation sites (tertiary alicyclic amines) is 1. The van der Waals surface area contributed by atoms with Gasteiger partial charge < -0.3 is 15.4 Å². The molecule has 2 fully saturated rings. The molecule has 4 nitrogen and oxygen atoms in total. The summed E-state index contributed by atoms with van der Waals surface area (Å²) in [7, 11) is 0. The molecule has 0 aromatic rings. The Kier molecular flexibility index (Phi) is 4.64. The first-order valence-electron chi connectivity index (χ1n) is 7.33. The lowest BCUT2D eigenvalue weighted by atomic mass is 9.79. The topological polar surface area (TPSA) is 41.7 Å². The van der Waals surface area contributed by atoms with E-state index >= 15 is 0 Å². The largest absolute Gasteiger partial charge is 0.374 e. The summed E-state index contributed by atoms with van der Waals surface area (Å²) in [4.78, 5) is 5.02. The zero-order valence-electron chi connectivity index (χ0n) is 12.2. The molecule has 0 spiro atoms. The Morgan fingerprint density at radius 2 is 2.06 bits per heavy atom. The molecule has 2 unspecified atom stereocenters. The first kappa shape index (κ1) is 14.3. The van der Waals surface area contributed by atoms with Crippen molar-refractivity contribution >= 4 is 0 Å². The van der Waals surface area contributed by atoms with Crippen molar-refractivity contribution in [1.82, 2.24) is 9.80 Å². The first-order chi connectivity index (χ1) is 8.51. The number of hydrogen-bond donors (Lipinski definition) is 1. The third kappa shape index (κ3) is 3.44. The Bertz CT molecular complexity index is 270. The van der Waals surface area contributed by atoms with E-state index in [1.165, 1.54) is 0 Å². The van der Waals surface area contributed by atoms with Crippen LogP contribution in [0.5, 0.6) is 0 Å². The normalized spacial score (nSPS) is 34.7. The second kappa shape index (κ2) is 5.87. The van der Waals surface area contributed by atoms with Crippen molar-refractivity contribution in [1.29, 1.82) is 0 Å². The summed E-state index contributed by atoms with van der Waals surface area (Å²) < 4.78 is 5.89. The minimum Gasteiger partial charge on any atom is -0.374 e. The molecule has 2 aliphatic heterocycles. The second-order valence-corrected chi connectivity index (χ2v) is 6.50. The van der Waals surface area contributed by atoms with Gasteiger partial charge in [-0.1, -0.05) is 20.8 Å². The molecular formula is C14H29N3O. The lowest BCUT2D eigenvalue weighted by molar-refractivity contribution is -0.0515. The van der Waals surface area contributed by atoms with Gasteiger partial charge in [0.05, 0.1) is 12.7 Å². The number of likely N-dealkylation sites (N-methyl/N-ethyl adjacent to an activating group) is 1. The van der Waals surface area contributed by atoms with E-state index in [0.717, 1.165) is 52.3 Å². The van der Waals surface area contributed by atoms with E-state index in [-0.39, 0.29) is 5.41 Å². The summed E-state index contributed by atoms with van der Waals surface area (Å²) >= 11 is 0. The van der Waals surface area contributed by atoms with Crippen LogP contribution in [-0.4, -0.2) is 67.8 Å². The standard InChI is InChI=1S/C14H29N3O/c1-4-16-7-8-18-12(9-16)10-17-6-5-13(15)14(2,3)11-17/h12-13H,4-11,15H2,1-3H3. The predicted molar refractivity (Wildman–Crippen MR) is 74.7 cm³/mol. The molecule has 0 aromatic heterocycles. The summed E-state index contributed by atoms with van der Waals surface area (Å²) in [6.45, 7) is 14.3. The van der Waals surface area contributed by atoms with E-state index in [1.54, 1.807) is 0 Å². The van der Waals surface area contributed by atoms with Crippen LogP contribution in [0.25, 0.3) is 0 Å². The fourth-order valence-electron chi connectivity index (χ4n) is 3.11. The Morgan fingerprint density at radius 3 is 2.72 bits per heavy atom. The Balaban J connectivity index is 1.82. The lowest BCUT2D eigenvalue weighted by Gasteiger charge is -2.44. The van der Waals surface area contributed by atoms with Gasteiger partial charge in [0.2, 0.25) is 0 Å². The zero-order valence-corrected chi connectivity index (χ0v) is 12.2. The Labute approximate surface area is 111 Å². The summed E-state index contributed by atoms with van der Waals surface area (Å²) in [5, 5.41) is 0. The van der Waals surface area contributed by atoms with Gasteiger partial charge in [-0.05, 0) is 24.9 Å². The van der Waals surface area contributed by atoms with Crippen molar-refractivity contribution in [3.05, 3.63) is 0 Å². The smallest absolute Gasteiger partial charge is 0.0829 e. The highest BCUT2D eigenvalue weighted by Crippen LogP contribution is 2.28. The molecule has 2 N–H and O–H groups in total. The zero-order chi connectivity index (χ0) is 13.2. The Morgan fingerprint density at radius 1 is 1.28 bits per heavy atom. The highest BCUT2D eigenvalue weighted by molar-refractivity contribution is 4.90. The van der Waals surface area contributed by atoms with Gasteiger partial charge >= 0.3 is 0 Å². The average molecular weight is 255 g/mol. The maximum absolute atomic E-state index is 6.19. The number of morpholine rings is 1. The highest BCUT2D eigenvalue weighted by atomic mass is 16.5. The van der Waals surface area contributed by atoms with Crippen LogP contribution in [0, 0.1) is 5.41 Å². The number of ether oxygens (including phenoxy) is 1. The minimum absolute atomic E-state index is 0.233.